The summed E-state index contributed by atoms with van der Waals surface area (Å²) in [7, 11) is 0. The number of carbonyl (C=O) groups excluding carboxylic acids is 1. The van der Waals surface area contributed by atoms with Gasteiger partial charge in [0.05, 0.1) is 11.2 Å². The Morgan fingerprint density at radius 2 is 1.95 bits per heavy atom. The van der Waals surface area contributed by atoms with Crippen LogP contribution in [0.1, 0.15) is 15.4 Å². The lowest BCUT2D eigenvalue weighted by Gasteiger charge is -2.05. The van der Waals surface area contributed by atoms with Crippen LogP contribution in [0.5, 0.6) is 0 Å². The molecular formula is C15H12N2OS. The second-order valence-corrected chi connectivity index (χ2v) is 5.14. The van der Waals surface area contributed by atoms with Gasteiger partial charge in [-0.2, -0.15) is 0 Å². The fourth-order valence-corrected chi connectivity index (χ4v) is 2.67. The maximum Gasteiger partial charge on any atom is 0.267 e. The third-order valence-corrected chi connectivity index (χ3v) is 3.89. The Hall–Kier alpha value is -2.20. The molecule has 3 aromatic rings. The number of thiazole rings is 1. The van der Waals surface area contributed by atoms with E-state index < -0.39 is 0 Å². The molecule has 0 aliphatic carbocycles. The van der Waals surface area contributed by atoms with Gasteiger partial charge < -0.3 is 5.32 Å². The van der Waals surface area contributed by atoms with Crippen molar-refractivity contribution in [3.05, 3.63) is 58.5 Å². The van der Waals surface area contributed by atoms with Gasteiger partial charge in [-0.25, -0.2) is 4.98 Å². The Kier molecular flexibility index (Phi) is 3.01. The minimum absolute atomic E-state index is 0.102. The number of nitrogens with one attached hydrogen (secondary N) is 1. The number of rotatable bonds is 2. The van der Waals surface area contributed by atoms with Gasteiger partial charge in [0.25, 0.3) is 5.91 Å². The molecule has 94 valence electrons. The first kappa shape index (κ1) is 11.9. The average molecular weight is 268 g/mol. The minimum Gasteiger partial charge on any atom is -0.321 e. The van der Waals surface area contributed by atoms with Gasteiger partial charge in [-0.15, -0.1) is 11.3 Å². The van der Waals surface area contributed by atoms with E-state index in [1.54, 1.807) is 5.51 Å². The molecule has 1 N–H and O–H groups in total. The molecule has 0 radical (unpaired) electrons. The summed E-state index contributed by atoms with van der Waals surface area (Å²) < 4.78 is 0. The number of anilines is 1. The van der Waals surface area contributed by atoms with Crippen LogP contribution in [0, 0.1) is 6.92 Å². The van der Waals surface area contributed by atoms with Crippen LogP contribution in [-0.4, -0.2) is 10.9 Å². The second-order valence-electron chi connectivity index (χ2n) is 4.28. The molecule has 1 aromatic heterocycles. The molecule has 0 bridgehead atoms. The fourth-order valence-electron chi connectivity index (χ4n) is 1.97. The topological polar surface area (TPSA) is 42.0 Å². The smallest absolute Gasteiger partial charge is 0.267 e. The molecule has 19 heavy (non-hydrogen) atoms. The lowest BCUT2D eigenvalue weighted by atomic mass is 10.1. The lowest BCUT2D eigenvalue weighted by Crippen LogP contribution is -2.11. The highest BCUT2D eigenvalue weighted by Gasteiger charge is 2.11. The average Bonchev–Trinajstić information content (AvgIpc) is 2.85. The quantitative estimate of drug-likeness (QED) is 0.767. The first-order chi connectivity index (χ1) is 9.24. The van der Waals surface area contributed by atoms with Crippen molar-refractivity contribution >= 4 is 33.7 Å². The normalized spacial score (nSPS) is 10.6. The molecule has 2 aromatic carbocycles. The SMILES string of the molecule is Cc1ncsc1C(=O)Nc1ccc2ccccc2c1. The standard InChI is InChI=1S/C15H12N2OS/c1-10-14(19-9-16-10)15(18)17-13-7-6-11-4-2-3-5-12(11)8-13/h2-9H,1H3,(H,17,18). The van der Waals surface area contributed by atoms with Crippen LogP contribution < -0.4 is 5.32 Å². The van der Waals surface area contributed by atoms with E-state index in [0.29, 0.717) is 4.88 Å². The lowest BCUT2D eigenvalue weighted by molar-refractivity contribution is 0.103. The highest BCUT2D eigenvalue weighted by atomic mass is 32.1. The third kappa shape index (κ3) is 2.35. The van der Waals surface area contributed by atoms with Crippen LogP contribution in [0.3, 0.4) is 0 Å². The number of aryl methyl sites for hydroxylation is 1. The largest absolute Gasteiger partial charge is 0.321 e. The Balaban J connectivity index is 1.89. The molecule has 0 unspecified atom stereocenters. The van der Waals surface area contributed by atoms with E-state index in [1.165, 1.54) is 11.3 Å². The van der Waals surface area contributed by atoms with Crippen molar-refractivity contribution in [1.82, 2.24) is 4.98 Å². The minimum atomic E-state index is -0.102. The van der Waals surface area contributed by atoms with Crippen molar-refractivity contribution in [3.63, 3.8) is 0 Å². The zero-order valence-corrected chi connectivity index (χ0v) is 11.2. The van der Waals surface area contributed by atoms with Crippen molar-refractivity contribution in [1.29, 1.82) is 0 Å². The van der Waals surface area contributed by atoms with E-state index in [0.717, 1.165) is 22.2 Å². The number of fused-ring (bicyclic) bond motifs is 1. The van der Waals surface area contributed by atoms with Crippen LogP contribution in [-0.2, 0) is 0 Å². The molecule has 3 rings (SSSR count). The summed E-state index contributed by atoms with van der Waals surface area (Å²) >= 11 is 1.36. The molecule has 1 heterocycles. The van der Waals surface area contributed by atoms with Gasteiger partial charge in [0, 0.05) is 5.69 Å². The Morgan fingerprint density at radius 3 is 2.68 bits per heavy atom. The molecule has 0 aliphatic heterocycles. The number of nitrogens with zero attached hydrogens (tertiary/aromatic N) is 1. The molecule has 0 atom stereocenters. The van der Waals surface area contributed by atoms with E-state index in [1.807, 2.05) is 49.4 Å². The summed E-state index contributed by atoms with van der Waals surface area (Å²) in [6.45, 7) is 1.84. The number of hydrogen-bond acceptors (Lipinski definition) is 3. The third-order valence-electron chi connectivity index (χ3n) is 2.96. The van der Waals surface area contributed by atoms with Crippen molar-refractivity contribution in [2.75, 3.05) is 5.32 Å². The van der Waals surface area contributed by atoms with E-state index in [9.17, 15) is 4.79 Å². The van der Waals surface area contributed by atoms with Gasteiger partial charge in [0.15, 0.2) is 0 Å². The van der Waals surface area contributed by atoms with E-state index in [-0.39, 0.29) is 5.91 Å². The molecule has 0 spiro atoms. The molecule has 3 nitrogen and oxygen atoms in total. The second kappa shape index (κ2) is 4.82. The number of aromatic nitrogens is 1. The fraction of sp³-hybridized carbons (Fsp3) is 0.0667. The summed E-state index contributed by atoms with van der Waals surface area (Å²) in [6, 6.07) is 14.0. The Labute approximate surface area is 114 Å². The van der Waals surface area contributed by atoms with E-state index >= 15 is 0 Å². The molecule has 0 aliphatic rings. The van der Waals surface area contributed by atoms with Crippen molar-refractivity contribution in [2.45, 2.75) is 6.92 Å². The van der Waals surface area contributed by atoms with Crippen LogP contribution in [0.15, 0.2) is 48.0 Å². The predicted octanol–water partition coefficient (Wildman–Crippen LogP) is 3.86. The highest BCUT2D eigenvalue weighted by molar-refractivity contribution is 7.12. The van der Waals surface area contributed by atoms with E-state index in [2.05, 4.69) is 10.3 Å². The van der Waals surface area contributed by atoms with Crippen LogP contribution in [0.25, 0.3) is 10.8 Å². The van der Waals surface area contributed by atoms with Crippen LogP contribution in [0.4, 0.5) is 5.69 Å². The molecule has 0 saturated carbocycles. The van der Waals surface area contributed by atoms with Gasteiger partial charge in [-0.05, 0) is 29.8 Å². The van der Waals surface area contributed by atoms with Gasteiger partial charge in [-0.1, -0.05) is 30.3 Å². The van der Waals surface area contributed by atoms with Gasteiger partial charge >= 0.3 is 0 Å². The zero-order valence-electron chi connectivity index (χ0n) is 10.4. The van der Waals surface area contributed by atoms with Crippen LogP contribution >= 0.6 is 11.3 Å². The van der Waals surface area contributed by atoms with Crippen molar-refractivity contribution in [2.24, 2.45) is 0 Å². The molecule has 0 fully saturated rings. The highest BCUT2D eigenvalue weighted by Crippen LogP contribution is 2.20. The molecule has 1 amide bonds. The number of hydrogen-bond donors (Lipinski definition) is 1. The Bertz CT molecular complexity index is 748. The Morgan fingerprint density at radius 1 is 1.16 bits per heavy atom. The van der Waals surface area contributed by atoms with Crippen LogP contribution in [0.2, 0.25) is 0 Å². The van der Waals surface area contributed by atoms with E-state index in [4.69, 9.17) is 0 Å². The maximum absolute atomic E-state index is 12.1. The summed E-state index contributed by atoms with van der Waals surface area (Å²) in [6.07, 6.45) is 0. The summed E-state index contributed by atoms with van der Waals surface area (Å²) in [5, 5.41) is 5.18. The van der Waals surface area contributed by atoms with Gasteiger partial charge in [0.1, 0.15) is 4.88 Å². The number of benzene rings is 2. The summed E-state index contributed by atoms with van der Waals surface area (Å²) in [5.41, 5.74) is 3.25. The molecule has 0 saturated heterocycles. The summed E-state index contributed by atoms with van der Waals surface area (Å²) in [4.78, 5) is 16.8. The molecular weight excluding hydrogens is 256 g/mol. The zero-order chi connectivity index (χ0) is 13.2. The molecule has 4 heteroatoms. The first-order valence-corrected chi connectivity index (χ1v) is 6.82. The van der Waals surface area contributed by atoms with Crippen molar-refractivity contribution in [3.8, 4) is 0 Å². The maximum atomic E-state index is 12.1. The number of amides is 1. The monoisotopic (exact) mass is 268 g/mol. The van der Waals surface area contributed by atoms with Gasteiger partial charge in [0.2, 0.25) is 0 Å². The van der Waals surface area contributed by atoms with Gasteiger partial charge in [-0.3, -0.25) is 4.79 Å². The number of carbonyl (C=O) groups is 1. The predicted molar refractivity (Wildman–Crippen MR) is 78.8 cm³/mol. The summed E-state index contributed by atoms with van der Waals surface area (Å²) in [5.74, 6) is -0.102. The first-order valence-electron chi connectivity index (χ1n) is 5.94. The van der Waals surface area contributed by atoms with Crippen molar-refractivity contribution < 1.29 is 4.79 Å².